The second kappa shape index (κ2) is 9.82. The van der Waals surface area contributed by atoms with Crippen LogP contribution in [0, 0.1) is 0 Å². The van der Waals surface area contributed by atoms with Gasteiger partial charge in [-0.25, -0.2) is 0 Å². The van der Waals surface area contributed by atoms with E-state index in [4.69, 9.17) is 4.74 Å². The fourth-order valence-corrected chi connectivity index (χ4v) is 3.56. The lowest BCUT2D eigenvalue weighted by Gasteiger charge is -2.31. The molecule has 0 spiro atoms. The molecule has 1 fully saturated rings. The van der Waals surface area contributed by atoms with E-state index in [9.17, 15) is 27.9 Å². The van der Waals surface area contributed by atoms with Crippen molar-refractivity contribution in [1.29, 1.82) is 0 Å². The number of morpholine rings is 1. The van der Waals surface area contributed by atoms with Crippen LogP contribution >= 0.6 is 0 Å². The molecular weight excluding hydrogens is 413 g/mol. The van der Waals surface area contributed by atoms with Gasteiger partial charge in [-0.15, -0.1) is 0 Å². The van der Waals surface area contributed by atoms with Crippen molar-refractivity contribution in [3.05, 3.63) is 59.7 Å². The van der Waals surface area contributed by atoms with Crippen LogP contribution < -0.4 is 10.2 Å². The zero-order valence-corrected chi connectivity index (χ0v) is 16.7. The number of nitrogens with zero attached hydrogens (tertiary/aromatic N) is 1. The van der Waals surface area contributed by atoms with Gasteiger partial charge < -0.3 is 20.1 Å². The number of nitrogens with one attached hydrogen (secondary N) is 1. The SMILES string of the molecule is O=C(O)C[C@H](CC(=O)Nc1cc(C(F)(F)F)ccc1N1CCOCC1)c1ccccc1. The van der Waals surface area contributed by atoms with Crippen LogP contribution in [0.15, 0.2) is 48.5 Å². The number of benzene rings is 2. The van der Waals surface area contributed by atoms with Gasteiger partial charge in [0.25, 0.3) is 0 Å². The molecule has 1 heterocycles. The second-order valence-electron chi connectivity index (χ2n) is 7.29. The summed E-state index contributed by atoms with van der Waals surface area (Å²) in [5, 5.41) is 11.8. The third-order valence-electron chi connectivity index (χ3n) is 5.07. The van der Waals surface area contributed by atoms with Gasteiger partial charge in [0.1, 0.15) is 0 Å². The summed E-state index contributed by atoms with van der Waals surface area (Å²) < 4.78 is 45.0. The quantitative estimate of drug-likeness (QED) is 0.683. The molecule has 2 aromatic carbocycles. The molecule has 1 amide bonds. The van der Waals surface area contributed by atoms with E-state index in [1.54, 1.807) is 30.3 Å². The molecule has 1 aliphatic heterocycles. The smallest absolute Gasteiger partial charge is 0.416 e. The lowest BCUT2D eigenvalue weighted by atomic mass is 9.92. The number of carbonyl (C=O) groups excluding carboxylic acids is 1. The number of ether oxygens (including phenoxy) is 1. The van der Waals surface area contributed by atoms with Gasteiger partial charge in [-0.3, -0.25) is 9.59 Å². The Morgan fingerprint density at radius 1 is 1.06 bits per heavy atom. The van der Waals surface area contributed by atoms with Crippen LogP contribution in [0.5, 0.6) is 0 Å². The molecule has 6 nitrogen and oxygen atoms in total. The van der Waals surface area contributed by atoms with Crippen LogP contribution in [0.4, 0.5) is 24.5 Å². The molecule has 3 rings (SSSR count). The number of carboxylic acid groups (broad SMARTS) is 1. The van der Waals surface area contributed by atoms with Crippen LogP contribution in [0.3, 0.4) is 0 Å². The summed E-state index contributed by atoms with van der Waals surface area (Å²) in [7, 11) is 0. The number of carboxylic acids is 1. The second-order valence-corrected chi connectivity index (χ2v) is 7.29. The van der Waals surface area contributed by atoms with E-state index in [0.717, 1.165) is 12.1 Å². The molecule has 0 aromatic heterocycles. The molecule has 166 valence electrons. The fourth-order valence-electron chi connectivity index (χ4n) is 3.56. The number of hydrogen-bond acceptors (Lipinski definition) is 4. The van der Waals surface area contributed by atoms with Gasteiger partial charge in [0.15, 0.2) is 0 Å². The number of amides is 1. The number of hydrogen-bond donors (Lipinski definition) is 2. The highest BCUT2D eigenvalue weighted by atomic mass is 19.4. The number of rotatable bonds is 7. The van der Waals surface area contributed by atoms with Crippen molar-refractivity contribution in [3.63, 3.8) is 0 Å². The molecule has 1 atom stereocenters. The standard InChI is InChI=1S/C22H23F3N2O4/c23-22(24,25)17-6-7-19(27-8-10-31-11-9-27)18(14-17)26-20(28)12-16(13-21(29)30)15-4-2-1-3-5-15/h1-7,14,16H,8-13H2,(H,26,28)(H,29,30)/t16-/m0/s1. The normalized spacial score (nSPS) is 15.4. The van der Waals surface area contributed by atoms with Crippen LogP contribution in [0.2, 0.25) is 0 Å². The monoisotopic (exact) mass is 436 g/mol. The van der Waals surface area contributed by atoms with Gasteiger partial charge in [0.05, 0.1) is 36.6 Å². The summed E-state index contributed by atoms with van der Waals surface area (Å²) >= 11 is 0. The molecule has 0 bridgehead atoms. The fraction of sp³-hybridized carbons (Fsp3) is 0.364. The Hall–Kier alpha value is -3.07. The van der Waals surface area contributed by atoms with Crippen LogP contribution in [0.25, 0.3) is 0 Å². The van der Waals surface area contributed by atoms with E-state index < -0.39 is 29.5 Å². The molecule has 1 aliphatic rings. The van der Waals surface area contributed by atoms with Crippen molar-refractivity contribution in [2.45, 2.75) is 24.9 Å². The van der Waals surface area contributed by atoms with Crippen LogP contribution in [-0.4, -0.2) is 43.3 Å². The molecule has 31 heavy (non-hydrogen) atoms. The molecule has 0 saturated carbocycles. The Balaban J connectivity index is 1.84. The van der Waals surface area contributed by atoms with E-state index >= 15 is 0 Å². The van der Waals surface area contributed by atoms with Gasteiger partial charge >= 0.3 is 12.1 Å². The molecule has 2 aromatic rings. The summed E-state index contributed by atoms with van der Waals surface area (Å²) in [6, 6.07) is 12.0. The zero-order chi connectivity index (χ0) is 22.4. The minimum Gasteiger partial charge on any atom is -0.481 e. The van der Waals surface area contributed by atoms with Gasteiger partial charge in [-0.1, -0.05) is 30.3 Å². The summed E-state index contributed by atoms with van der Waals surface area (Å²) in [4.78, 5) is 25.9. The average Bonchev–Trinajstić information content (AvgIpc) is 2.73. The molecule has 1 saturated heterocycles. The van der Waals surface area contributed by atoms with Crippen molar-refractivity contribution >= 4 is 23.3 Å². The van der Waals surface area contributed by atoms with Gasteiger partial charge in [-0.05, 0) is 23.8 Å². The van der Waals surface area contributed by atoms with Crippen molar-refractivity contribution < 1.29 is 32.6 Å². The van der Waals surface area contributed by atoms with Gasteiger partial charge in [0.2, 0.25) is 5.91 Å². The van der Waals surface area contributed by atoms with Crippen molar-refractivity contribution in [1.82, 2.24) is 0 Å². The Bertz CT molecular complexity index is 913. The first-order valence-corrected chi connectivity index (χ1v) is 9.84. The lowest BCUT2D eigenvalue weighted by Crippen LogP contribution is -2.37. The average molecular weight is 436 g/mol. The highest BCUT2D eigenvalue weighted by Gasteiger charge is 2.32. The predicted octanol–water partition coefficient (Wildman–Crippen LogP) is 4.13. The van der Waals surface area contributed by atoms with E-state index in [1.165, 1.54) is 6.07 Å². The first kappa shape index (κ1) is 22.6. The Labute approximate surface area is 177 Å². The summed E-state index contributed by atoms with van der Waals surface area (Å²) in [6.45, 7) is 1.84. The maximum absolute atomic E-state index is 13.2. The van der Waals surface area contributed by atoms with E-state index in [2.05, 4.69) is 5.32 Å². The van der Waals surface area contributed by atoms with E-state index in [-0.39, 0.29) is 18.5 Å². The third kappa shape index (κ3) is 6.21. The lowest BCUT2D eigenvalue weighted by molar-refractivity contribution is -0.138. The molecular formula is C22H23F3N2O4. The molecule has 0 aliphatic carbocycles. The van der Waals surface area contributed by atoms with Crippen LogP contribution in [-0.2, 0) is 20.5 Å². The van der Waals surface area contributed by atoms with Crippen LogP contribution in [0.1, 0.15) is 29.9 Å². The first-order valence-electron chi connectivity index (χ1n) is 9.84. The largest absolute Gasteiger partial charge is 0.481 e. The molecule has 9 heteroatoms. The van der Waals surface area contributed by atoms with E-state index in [1.807, 2.05) is 4.90 Å². The highest BCUT2D eigenvalue weighted by Crippen LogP contribution is 2.36. The third-order valence-corrected chi connectivity index (χ3v) is 5.07. The molecule has 0 radical (unpaired) electrons. The highest BCUT2D eigenvalue weighted by molar-refractivity contribution is 5.95. The summed E-state index contributed by atoms with van der Waals surface area (Å²) in [6.07, 6.45) is -5.00. The summed E-state index contributed by atoms with van der Waals surface area (Å²) in [5.41, 5.74) is 0.324. The molecule has 0 unspecified atom stereocenters. The number of anilines is 2. The number of carbonyl (C=O) groups is 2. The maximum atomic E-state index is 13.2. The van der Waals surface area contributed by atoms with Crippen molar-refractivity contribution in [3.8, 4) is 0 Å². The zero-order valence-electron chi connectivity index (χ0n) is 16.7. The van der Waals surface area contributed by atoms with Crippen molar-refractivity contribution in [2.75, 3.05) is 36.5 Å². The van der Waals surface area contributed by atoms with Gasteiger partial charge in [-0.2, -0.15) is 13.2 Å². The minimum absolute atomic E-state index is 0.0452. The number of halogens is 3. The van der Waals surface area contributed by atoms with Gasteiger partial charge in [0, 0.05) is 25.4 Å². The van der Waals surface area contributed by atoms with E-state index in [0.29, 0.717) is 37.6 Å². The van der Waals surface area contributed by atoms with Crippen molar-refractivity contribution in [2.24, 2.45) is 0 Å². The first-order chi connectivity index (χ1) is 14.7. The Morgan fingerprint density at radius 2 is 1.74 bits per heavy atom. The summed E-state index contributed by atoms with van der Waals surface area (Å²) in [5.74, 6) is -2.21. The Kier molecular flexibility index (Phi) is 7.17. The Morgan fingerprint density at radius 3 is 2.35 bits per heavy atom. The molecule has 2 N–H and O–H groups in total. The maximum Gasteiger partial charge on any atom is 0.416 e. The topological polar surface area (TPSA) is 78.9 Å². The predicted molar refractivity (Wildman–Crippen MR) is 109 cm³/mol. The number of aliphatic carboxylic acids is 1. The number of alkyl halides is 3. The minimum atomic E-state index is -4.56.